The van der Waals surface area contributed by atoms with Gasteiger partial charge in [-0.1, -0.05) is 18.5 Å². The molecule has 2 N–H and O–H groups in total. The van der Waals surface area contributed by atoms with E-state index in [1.807, 2.05) is 0 Å². The Morgan fingerprint density at radius 1 is 1.37 bits per heavy atom. The molecular formula is C15H22ClNO2. The van der Waals surface area contributed by atoms with Gasteiger partial charge < -0.3 is 15.2 Å². The molecule has 0 radical (unpaired) electrons. The number of ether oxygens (including phenoxy) is 1. The summed E-state index contributed by atoms with van der Waals surface area (Å²) in [4.78, 5) is 0. The largest absolute Gasteiger partial charge is 0.491 e. The molecule has 2 rings (SSSR count). The Balaban J connectivity index is 1.61. The van der Waals surface area contributed by atoms with E-state index < -0.39 is 6.10 Å². The molecule has 1 saturated carbocycles. The Labute approximate surface area is 119 Å². The minimum atomic E-state index is -0.483. The van der Waals surface area contributed by atoms with Crippen LogP contribution < -0.4 is 10.1 Å². The van der Waals surface area contributed by atoms with Crippen molar-refractivity contribution >= 4 is 11.6 Å². The smallest absolute Gasteiger partial charge is 0.119 e. The van der Waals surface area contributed by atoms with Gasteiger partial charge in [0.1, 0.15) is 18.5 Å². The molecular weight excluding hydrogens is 262 g/mol. The molecule has 0 aliphatic heterocycles. The molecule has 106 valence electrons. The van der Waals surface area contributed by atoms with Crippen LogP contribution in [0.15, 0.2) is 24.3 Å². The van der Waals surface area contributed by atoms with Gasteiger partial charge in [-0.25, -0.2) is 0 Å². The average Bonchev–Trinajstić information content (AvgIpc) is 3.19. The minimum absolute atomic E-state index is 0.299. The Morgan fingerprint density at radius 2 is 2.05 bits per heavy atom. The summed E-state index contributed by atoms with van der Waals surface area (Å²) in [7, 11) is 0. The molecule has 1 unspecified atom stereocenters. The predicted molar refractivity (Wildman–Crippen MR) is 77.8 cm³/mol. The van der Waals surface area contributed by atoms with Gasteiger partial charge in [-0.2, -0.15) is 0 Å². The zero-order valence-electron chi connectivity index (χ0n) is 11.4. The molecule has 1 fully saturated rings. The Kier molecular flexibility index (Phi) is 5.08. The average molecular weight is 284 g/mol. The van der Waals surface area contributed by atoms with Crippen molar-refractivity contribution in [2.24, 2.45) is 5.41 Å². The van der Waals surface area contributed by atoms with Crippen LogP contribution in [0.5, 0.6) is 5.75 Å². The van der Waals surface area contributed by atoms with E-state index in [1.54, 1.807) is 24.3 Å². The Morgan fingerprint density at radius 3 is 2.63 bits per heavy atom. The fourth-order valence-electron chi connectivity index (χ4n) is 2.12. The fraction of sp³-hybridized carbons (Fsp3) is 0.600. The van der Waals surface area contributed by atoms with Gasteiger partial charge in [0.25, 0.3) is 0 Å². The fourth-order valence-corrected chi connectivity index (χ4v) is 2.24. The third-order valence-corrected chi connectivity index (χ3v) is 4.10. The summed E-state index contributed by atoms with van der Waals surface area (Å²) in [6.07, 6.45) is 3.36. The van der Waals surface area contributed by atoms with Gasteiger partial charge in [-0.15, -0.1) is 0 Å². The van der Waals surface area contributed by atoms with Crippen molar-refractivity contribution in [1.82, 2.24) is 5.32 Å². The molecule has 1 aliphatic rings. The van der Waals surface area contributed by atoms with E-state index in [4.69, 9.17) is 16.3 Å². The number of aliphatic hydroxyl groups is 1. The van der Waals surface area contributed by atoms with Crippen molar-refractivity contribution in [3.8, 4) is 5.75 Å². The second-order valence-corrected chi connectivity index (χ2v) is 5.84. The molecule has 19 heavy (non-hydrogen) atoms. The molecule has 0 bridgehead atoms. The van der Waals surface area contributed by atoms with E-state index in [0.29, 0.717) is 23.6 Å². The van der Waals surface area contributed by atoms with Crippen LogP contribution in [0.1, 0.15) is 26.2 Å². The first-order valence-electron chi connectivity index (χ1n) is 6.91. The van der Waals surface area contributed by atoms with Crippen molar-refractivity contribution in [2.45, 2.75) is 32.3 Å². The zero-order chi connectivity index (χ0) is 13.7. The van der Waals surface area contributed by atoms with Crippen molar-refractivity contribution < 1.29 is 9.84 Å². The second kappa shape index (κ2) is 6.60. The lowest BCUT2D eigenvalue weighted by molar-refractivity contribution is 0.105. The SMILES string of the molecule is CCC1(CNCC(O)COc2ccc(Cl)cc2)CC1. The molecule has 1 aromatic carbocycles. The first kappa shape index (κ1) is 14.6. The molecule has 0 amide bonds. The molecule has 0 heterocycles. The maximum atomic E-state index is 9.84. The number of benzene rings is 1. The summed E-state index contributed by atoms with van der Waals surface area (Å²) >= 11 is 5.79. The van der Waals surface area contributed by atoms with Gasteiger partial charge in [0.15, 0.2) is 0 Å². The van der Waals surface area contributed by atoms with Crippen LogP contribution in [-0.4, -0.2) is 30.9 Å². The Hall–Kier alpha value is -0.770. The van der Waals surface area contributed by atoms with E-state index >= 15 is 0 Å². The molecule has 1 aliphatic carbocycles. The van der Waals surface area contributed by atoms with Gasteiger partial charge in [0, 0.05) is 18.1 Å². The molecule has 1 atom stereocenters. The van der Waals surface area contributed by atoms with E-state index in [1.165, 1.54) is 19.3 Å². The van der Waals surface area contributed by atoms with Gasteiger partial charge in [0.05, 0.1) is 0 Å². The van der Waals surface area contributed by atoms with Gasteiger partial charge in [0.2, 0.25) is 0 Å². The highest BCUT2D eigenvalue weighted by Crippen LogP contribution is 2.47. The minimum Gasteiger partial charge on any atom is -0.491 e. The van der Waals surface area contributed by atoms with Crippen molar-refractivity contribution in [1.29, 1.82) is 0 Å². The van der Waals surface area contributed by atoms with Crippen LogP contribution in [0.4, 0.5) is 0 Å². The van der Waals surface area contributed by atoms with Crippen molar-refractivity contribution in [3.05, 3.63) is 29.3 Å². The van der Waals surface area contributed by atoms with Gasteiger partial charge in [-0.05, 0) is 48.9 Å². The Bertz CT molecular complexity index is 390. The molecule has 0 saturated heterocycles. The maximum absolute atomic E-state index is 9.84. The number of nitrogens with one attached hydrogen (secondary N) is 1. The van der Waals surface area contributed by atoms with Crippen LogP contribution in [0.2, 0.25) is 5.02 Å². The summed E-state index contributed by atoms with van der Waals surface area (Å²) in [5, 5.41) is 13.9. The number of hydrogen-bond donors (Lipinski definition) is 2. The topological polar surface area (TPSA) is 41.5 Å². The molecule has 0 aromatic heterocycles. The molecule has 1 aromatic rings. The standard InChI is InChI=1S/C15H22ClNO2/c1-2-15(7-8-15)11-17-9-13(18)10-19-14-5-3-12(16)4-6-14/h3-6,13,17-18H,2,7-11H2,1H3. The number of rotatable bonds is 8. The predicted octanol–water partition coefficient (Wildman–Crippen LogP) is 2.86. The van der Waals surface area contributed by atoms with Crippen LogP contribution in [0.3, 0.4) is 0 Å². The van der Waals surface area contributed by atoms with Crippen LogP contribution in [0, 0.1) is 5.41 Å². The first-order chi connectivity index (χ1) is 9.13. The quantitative estimate of drug-likeness (QED) is 0.771. The third-order valence-electron chi connectivity index (χ3n) is 3.84. The monoisotopic (exact) mass is 283 g/mol. The highest BCUT2D eigenvalue weighted by molar-refractivity contribution is 6.30. The van der Waals surface area contributed by atoms with Crippen LogP contribution >= 0.6 is 11.6 Å². The van der Waals surface area contributed by atoms with E-state index in [-0.39, 0.29) is 0 Å². The second-order valence-electron chi connectivity index (χ2n) is 5.40. The number of halogens is 1. The van der Waals surface area contributed by atoms with Crippen molar-refractivity contribution in [2.75, 3.05) is 19.7 Å². The molecule has 3 nitrogen and oxygen atoms in total. The highest BCUT2D eigenvalue weighted by Gasteiger charge is 2.39. The van der Waals surface area contributed by atoms with Gasteiger partial charge >= 0.3 is 0 Å². The summed E-state index contributed by atoms with van der Waals surface area (Å²) in [5.74, 6) is 0.732. The van der Waals surface area contributed by atoms with E-state index in [9.17, 15) is 5.11 Å². The number of hydrogen-bond acceptors (Lipinski definition) is 3. The van der Waals surface area contributed by atoms with E-state index in [0.717, 1.165) is 12.3 Å². The maximum Gasteiger partial charge on any atom is 0.119 e. The van der Waals surface area contributed by atoms with E-state index in [2.05, 4.69) is 12.2 Å². The molecule has 0 spiro atoms. The summed E-state index contributed by atoms with van der Waals surface area (Å²) in [5.41, 5.74) is 0.511. The van der Waals surface area contributed by atoms with Gasteiger partial charge in [-0.3, -0.25) is 0 Å². The normalized spacial score (nSPS) is 18.1. The lowest BCUT2D eigenvalue weighted by Crippen LogP contribution is -2.34. The lowest BCUT2D eigenvalue weighted by Gasteiger charge is -2.16. The van der Waals surface area contributed by atoms with Crippen molar-refractivity contribution in [3.63, 3.8) is 0 Å². The summed E-state index contributed by atoms with van der Waals surface area (Å²) < 4.78 is 5.50. The number of aliphatic hydroxyl groups excluding tert-OH is 1. The lowest BCUT2D eigenvalue weighted by atomic mass is 10.0. The van der Waals surface area contributed by atoms with Crippen LogP contribution in [-0.2, 0) is 0 Å². The van der Waals surface area contributed by atoms with Crippen LogP contribution in [0.25, 0.3) is 0 Å². The third kappa shape index (κ3) is 4.68. The zero-order valence-corrected chi connectivity index (χ0v) is 12.1. The molecule has 4 heteroatoms. The first-order valence-corrected chi connectivity index (χ1v) is 7.28. The summed E-state index contributed by atoms with van der Waals surface area (Å²) in [6, 6.07) is 7.16. The highest BCUT2D eigenvalue weighted by atomic mass is 35.5. The summed E-state index contributed by atoms with van der Waals surface area (Å²) in [6.45, 7) is 4.11.